The molecule has 1 N–H and O–H groups in total. The first kappa shape index (κ1) is 17.1. The van der Waals surface area contributed by atoms with Crippen molar-refractivity contribution in [3.8, 4) is 11.6 Å². The summed E-state index contributed by atoms with van der Waals surface area (Å²) in [4.78, 5) is 10.9. The molecular weight excluding hydrogens is 295 g/mol. The smallest absolute Gasteiger partial charge is 0.226 e. The standard InChI is InChI=1S/C17H23FN4O/c1-4-22(5-2)13(3)12-20-17-19-11-10-16(21-17)23-15-8-6-14(18)7-9-15/h6-11,13H,4-5,12H2,1-3H3,(H,19,20,21). The zero-order chi connectivity index (χ0) is 16.7. The Morgan fingerprint density at radius 2 is 1.87 bits per heavy atom. The molecule has 1 unspecified atom stereocenters. The minimum Gasteiger partial charge on any atom is -0.439 e. The maximum atomic E-state index is 12.9. The number of nitrogens with one attached hydrogen (secondary N) is 1. The van der Waals surface area contributed by atoms with E-state index in [1.807, 2.05) is 0 Å². The van der Waals surface area contributed by atoms with Gasteiger partial charge in [0.2, 0.25) is 11.8 Å². The lowest BCUT2D eigenvalue weighted by atomic mass is 10.3. The summed E-state index contributed by atoms with van der Waals surface area (Å²) >= 11 is 0. The highest BCUT2D eigenvalue weighted by atomic mass is 19.1. The summed E-state index contributed by atoms with van der Waals surface area (Å²) in [6.45, 7) is 9.23. The largest absolute Gasteiger partial charge is 0.439 e. The molecule has 6 heteroatoms. The van der Waals surface area contributed by atoms with Crippen LogP contribution in [-0.4, -0.2) is 40.5 Å². The van der Waals surface area contributed by atoms with E-state index in [-0.39, 0.29) is 5.82 Å². The Morgan fingerprint density at radius 1 is 1.17 bits per heavy atom. The van der Waals surface area contributed by atoms with Crippen molar-refractivity contribution in [3.05, 3.63) is 42.3 Å². The second-order valence-electron chi connectivity index (χ2n) is 5.23. The maximum Gasteiger partial charge on any atom is 0.226 e. The number of nitrogens with zero attached hydrogens (tertiary/aromatic N) is 3. The third kappa shape index (κ3) is 5.17. The number of aromatic nitrogens is 2. The van der Waals surface area contributed by atoms with Crippen LogP contribution in [0.5, 0.6) is 11.6 Å². The Bertz CT molecular complexity index is 602. The Labute approximate surface area is 136 Å². The second-order valence-corrected chi connectivity index (χ2v) is 5.23. The third-order valence-electron chi connectivity index (χ3n) is 3.66. The summed E-state index contributed by atoms with van der Waals surface area (Å²) < 4.78 is 18.5. The first-order chi connectivity index (χ1) is 11.1. The molecule has 0 radical (unpaired) electrons. The SMILES string of the molecule is CCN(CC)C(C)CNc1nccc(Oc2ccc(F)cc2)n1. The van der Waals surface area contributed by atoms with Crippen LogP contribution in [0.1, 0.15) is 20.8 Å². The van der Waals surface area contributed by atoms with Crippen LogP contribution in [0.25, 0.3) is 0 Å². The van der Waals surface area contributed by atoms with Crippen LogP contribution in [0, 0.1) is 5.82 Å². The lowest BCUT2D eigenvalue weighted by molar-refractivity contribution is 0.240. The van der Waals surface area contributed by atoms with E-state index in [4.69, 9.17) is 4.74 Å². The van der Waals surface area contributed by atoms with E-state index in [0.717, 1.165) is 19.6 Å². The number of hydrogen-bond acceptors (Lipinski definition) is 5. The molecule has 1 aromatic heterocycles. The third-order valence-corrected chi connectivity index (χ3v) is 3.66. The molecule has 1 atom stereocenters. The van der Waals surface area contributed by atoms with Crippen molar-refractivity contribution in [2.24, 2.45) is 0 Å². The molecule has 0 bridgehead atoms. The van der Waals surface area contributed by atoms with E-state index in [1.165, 1.54) is 12.1 Å². The molecule has 0 spiro atoms. The van der Waals surface area contributed by atoms with Gasteiger partial charge in [0.25, 0.3) is 0 Å². The van der Waals surface area contributed by atoms with Crippen LogP contribution in [0.3, 0.4) is 0 Å². The normalized spacial score (nSPS) is 12.2. The summed E-state index contributed by atoms with van der Waals surface area (Å²) in [5.74, 6) is 1.17. The van der Waals surface area contributed by atoms with Crippen LogP contribution in [0.4, 0.5) is 10.3 Å². The van der Waals surface area contributed by atoms with Crippen LogP contribution in [0.2, 0.25) is 0 Å². The van der Waals surface area contributed by atoms with Crippen molar-refractivity contribution in [1.82, 2.24) is 14.9 Å². The molecule has 0 amide bonds. The fourth-order valence-electron chi connectivity index (χ4n) is 2.32. The zero-order valence-corrected chi connectivity index (χ0v) is 13.8. The highest BCUT2D eigenvalue weighted by Crippen LogP contribution is 2.19. The minimum absolute atomic E-state index is 0.298. The number of anilines is 1. The average molecular weight is 318 g/mol. The van der Waals surface area contributed by atoms with Gasteiger partial charge in [0.1, 0.15) is 11.6 Å². The molecule has 0 saturated heterocycles. The first-order valence-corrected chi connectivity index (χ1v) is 7.86. The first-order valence-electron chi connectivity index (χ1n) is 7.86. The van der Waals surface area contributed by atoms with Crippen molar-refractivity contribution >= 4 is 5.95 Å². The lowest BCUT2D eigenvalue weighted by Gasteiger charge is -2.26. The second kappa shape index (κ2) is 8.43. The van der Waals surface area contributed by atoms with E-state index in [1.54, 1.807) is 24.4 Å². The summed E-state index contributed by atoms with van der Waals surface area (Å²) in [5, 5.41) is 3.22. The van der Waals surface area contributed by atoms with Gasteiger partial charge in [0.15, 0.2) is 0 Å². The van der Waals surface area contributed by atoms with Gasteiger partial charge in [-0.1, -0.05) is 13.8 Å². The van der Waals surface area contributed by atoms with Crippen molar-refractivity contribution in [3.63, 3.8) is 0 Å². The number of likely N-dealkylation sites (N-methyl/N-ethyl adjacent to an activating group) is 1. The van der Waals surface area contributed by atoms with Crippen LogP contribution in [0.15, 0.2) is 36.5 Å². The van der Waals surface area contributed by atoms with Gasteiger partial charge in [0, 0.05) is 24.8 Å². The van der Waals surface area contributed by atoms with Gasteiger partial charge in [-0.2, -0.15) is 4.98 Å². The summed E-state index contributed by atoms with van der Waals surface area (Å²) in [7, 11) is 0. The van der Waals surface area contributed by atoms with Gasteiger partial charge < -0.3 is 10.1 Å². The Hall–Kier alpha value is -2.21. The van der Waals surface area contributed by atoms with E-state index in [2.05, 4.69) is 41.0 Å². The number of hydrogen-bond donors (Lipinski definition) is 1. The van der Waals surface area contributed by atoms with E-state index >= 15 is 0 Å². The van der Waals surface area contributed by atoms with Gasteiger partial charge in [0.05, 0.1) is 0 Å². The highest BCUT2D eigenvalue weighted by molar-refractivity contribution is 5.31. The summed E-state index contributed by atoms with van der Waals surface area (Å²) in [5.41, 5.74) is 0. The Kier molecular flexibility index (Phi) is 6.29. The van der Waals surface area contributed by atoms with E-state index < -0.39 is 0 Å². The molecule has 0 aliphatic rings. The molecule has 2 aromatic rings. The molecule has 1 aromatic carbocycles. The summed E-state index contributed by atoms with van der Waals surface area (Å²) in [6.07, 6.45) is 1.64. The maximum absolute atomic E-state index is 12.9. The number of ether oxygens (including phenoxy) is 1. The molecule has 0 saturated carbocycles. The highest BCUT2D eigenvalue weighted by Gasteiger charge is 2.10. The molecular formula is C17H23FN4O. The molecule has 23 heavy (non-hydrogen) atoms. The van der Waals surface area contributed by atoms with E-state index in [0.29, 0.717) is 23.6 Å². The van der Waals surface area contributed by atoms with Gasteiger partial charge in [-0.3, -0.25) is 4.90 Å². The number of halogens is 1. The molecule has 2 rings (SSSR count). The fourth-order valence-corrected chi connectivity index (χ4v) is 2.32. The summed E-state index contributed by atoms with van der Waals surface area (Å²) in [6, 6.07) is 7.88. The lowest BCUT2D eigenvalue weighted by Crippen LogP contribution is -2.37. The molecule has 1 heterocycles. The number of benzene rings is 1. The molecule has 0 fully saturated rings. The van der Waals surface area contributed by atoms with Crippen LogP contribution < -0.4 is 10.1 Å². The predicted octanol–water partition coefficient (Wildman–Crippen LogP) is 3.55. The van der Waals surface area contributed by atoms with Crippen LogP contribution in [-0.2, 0) is 0 Å². The monoisotopic (exact) mass is 318 g/mol. The zero-order valence-electron chi connectivity index (χ0n) is 13.8. The van der Waals surface area contributed by atoms with Crippen molar-refractivity contribution in [2.75, 3.05) is 25.0 Å². The van der Waals surface area contributed by atoms with Crippen molar-refractivity contribution in [2.45, 2.75) is 26.8 Å². The Morgan fingerprint density at radius 3 is 2.52 bits per heavy atom. The van der Waals surface area contributed by atoms with E-state index in [9.17, 15) is 4.39 Å². The average Bonchev–Trinajstić information content (AvgIpc) is 2.57. The quantitative estimate of drug-likeness (QED) is 0.806. The van der Waals surface area contributed by atoms with Gasteiger partial charge in [-0.05, 0) is 44.3 Å². The Balaban J connectivity index is 1.95. The van der Waals surface area contributed by atoms with Crippen molar-refractivity contribution in [1.29, 1.82) is 0 Å². The van der Waals surface area contributed by atoms with Crippen molar-refractivity contribution < 1.29 is 9.13 Å². The number of rotatable bonds is 8. The molecule has 124 valence electrons. The molecule has 5 nitrogen and oxygen atoms in total. The predicted molar refractivity (Wildman–Crippen MR) is 89.4 cm³/mol. The fraction of sp³-hybridized carbons (Fsp3) is 0.412. The van der Waals surface area contributed by atoms with Crippen LogP contribution >= 0.6 is 0 Å². The topological polar surface area (TPSA) is 50.3 Å². The van der Waals surface area contributed by atoms with Gasteiger partial charge in [-0.25, -0.2) is 9.37 Å². The molecule has 0 aliphatic heterocycles. The van der Waals surface area contributed by atoms with Gasteiger partial charge >= 0.3 is 0 Å². The molecule has 0 aliphatic carbocycles. The minimum atomic E-state index is -0.298. The van der Waals surface area contributed by atoms with Gasteiger partial charge in [-0.15, -0.1) is 0 Å².